The maximum atomic E-state index is 11.5. The standard InChI is InChI=1S/C26H32N2O5.CH2O2/c1-26(2,3)28-12-13-31-14-15-32-16-17-33-21-7-4-19(5-8-21)20-6-9-24-23(18-20)22(25(29)30)10-11-27-24;2-1-3/h4-11,18,28H,12-17H2,1-3H3,(H,29,30);1H,(H,2,3). The number of nitrogens with one attached hydrogen (secondary N) is 1. The Balaban J connectivity index is 0.00000145. The molecule has 9 heteroatoms. The Morgan fingerprint density at radius 3 is 2.19 bits per heavy atom. The Morgan fingerprint density at radius 2 is 1.56 bits per heavy atom. The van der Waals surface area contributed by atoms with E-state index in [0.29, 0.717) is 43.9 Å². The minimum Gasteiger partial charge on any atom is -0.491 e. The average Bonchev–Trinajstić information content (AvgIpc) is 2.84. The van der Waals surface area contributed by atoms with Crippen molar-refractivity contribution in [2.24, 2.45) is 0 Å². The molecule has 0 bridgehead atoms. The van der Waals surface area contributed by atoms with E-state index in [1.807, 2.05) is 42.5 Å². The Labute approximate surface area is 211 Å². The van der Waals surface area contributed by atoms with Crippen LogP contribution in [0.15, 0.2) is 54.7 Å². The molecule has 0 radical (unpaired) electrons. The van der Waals surface area contributed by atoms with Crippen LogP contribution in [0.25, 0.3) is 22.0 Å². The summed E-state index contributed by atoms with van der Waals surface area (Å²) in [5.41, 5.74) is 2.90. The monoisotopic (exact) mass is 498 g/mol. The summed E-state index contributed by atoms with van der Waals surface area (Å²) in [6.45, 7) is 9.65. The Hall–Kier alpha value is -3.53. The largest absolute Gasteiger partial charge is 0.491 e. The van der Waals surface area contributed by atoms with Gasteiger partial charge in [-0.3, -0.25) is 9.78 Å². The third-order valence-electron chi connectivity index (χ3n) is 4.93. The van der Waals surface area contributed by atoms with Crippen LogP contribution in [0, 0.1) is 0 Å². The summed E-state index contributed by atoms with van der Waals surface area (Å²) in [6.07, 6.45) is 1.51. The van der Waals surface area contributed by atoms with Gasteiger partial charge < -0.3 is 29.7 Å². The molecule has 3 aromatic rings. The van der Waals surface area contributed by atoms with E-state index in [2.05, 4.69) is 31.1 Å². The Morgan fingerprint density at radius 1 is 0.944 bits per heavy atom. The summed E-state index contributed by atoms with van der Waals surface area (Å²) in [5.74, 6) is -0.213. The molecule has 9 nitrogen and oxygen atoms in total. The quantitative estimate of drug-likeness (QED) is 0.250. The first-order valence-electron chi connectivity index (χ1n) is 11.6. The lowest BCUT2D eigenvalue weighted by Gasteiger charge is -2.20. The second kappa shape index (κ2) is 14.8. The van der Waals surface area contributed by atoms with Crippen molar-refractivity contribution in [1.29, 1.82) is 0 Å². The molecule has 36 heavy (non-hydrogen) atoms. The first-order valence-corrected chi connectivity index (χ1v) is 11.6. The molecule has 0 aliphatic rings. The number of carbonyl (C=O) groups is 2. The topological polar surface area (TPSA) is 127 Å². The van der Waals surface area contributed by atoms with Gasteiger partial charge in [-0.1, -0.05) is 18.2 Å². The fourth-order valence-corrected chi connectivity index (χ4v) is 3.29. The molecule has 2 aromatic carbocycles. The maximum absolute atomic E-state index is 11.5. The SMILES string of the molecule is CC(C)(C)NCCOCCOCCOc1ccc(-c2ccc3nccc(C(=O)O)c3c2)cc1.O=CO. The van der Waals surface area contributed by atoms with Crippen molar-refractivity contribution in [2.45, 2.75) is 26.3 Å². The molecule has 0 atom stereocenters. The third kappa shape index (κ3) is 9.99. The molecule has 194 valence electrons. The summed E-state index contributed by atoms with van der Waals surface area (Å²) >= 11 is 0. The van der Waals surface area contributed by atoms with E-state index < -0.39 is 5.97 Å². The predicted molar refractivity (Wildman–Crippen MR) is 138 cm³/mol. The van der Waals surface area contributed by atoms with E-state index >= 15 is 0 Å². The number of nitrogens with zero attached hydrogens (tertiary/aromatic N) is 1. The van der Waals surface area contributed by atoms with Crippen LogP contribution >= 0.6 is 0 Å². The van der Waals surface area contributed by atoms with Gasteiger partial charge in [0.25, 0.3) is 6.47 Å². The van der Waals surface area contributed by atoms with Crippen molar-refractivity contribution in [3.8, 4) is 16.9 Å². The Kier molecular flexibility index (Phi) is 11.8. The van der Waals surface area contributed by atoms with Crippen molar-refractivity contribution in [2.75, 3.05) is 39.6 Å². The van der Waals surface area contributed by atoms with Gasteiger partial charge in [0, 0.05) is 23.7 Å². The number of aromatic nitrogens is 1. The van der Waals surface area contributed by atoms with Crippen LogP contribution in [0.2, 0.25) is 0 Å². The first kappa shape index (κ1) is 28.7. The lowest BCUT2D eigenvalue weighted by molar-refractivity contribution is -0.122. The van der Waals surface area contributed by atoms with Crippen LogP contribution in [0.4, 0.5) is 0 Å². The maximum Gasteiger partial charge on any atom is 0.336 e. The van der Waals surface area contributed by atoms with Crippen LogP contribution in [-0.2, 0) is 14.3 Å². The number of carboxylic acid groups (broad SMARTS) is 2. The van der Waals surface area contributed by atoms with E-state index in [1.165, 1.54) is 12.3 Å². The van der Waals surface area contributed by atoms with Gasteiger partial charge in [-0.15, -0.1) is 0 Å². The number of pyridine rings is 1. The van der Waals surface area contributed by atoms with E-state index in [0.717, 1.165) is 23.4 Å². The summed E-state index contributed by atoms with van der Waals surface area (Å²) in [4.78, 5) is 24.1. The summed E-state index contributed by atoms with van der Waals surface area (Å²) < 4.78 is 16.8. The van der Waals surface area contributed by atoms with Crippen LogP contribution in [0.5, 0.6) is 5.75 Å². The number of carboxylic acids is 1. The molecule has 0 saturated heterocycles. The molecule has 3 rings (SSSR count). The smallest absolute Gasteiger partial charge is 0.336 e. The fourth-order valence-electron chi connectivity index (χ4n) is 3.29. The minimum absolute atomic E-state index is 0.103. The third-order valence-corrected chi connectivity index (χ3v) is 4.93. The lowest BCUT2D eigenvalue weighted by atomic mass is 10.0. The van der Waals surface area contributed by atoms with Crippen molar-refractivity contribution >= 4 is 23.3 Å². The molecular formula is C27H34N2O7. The zero-order chi connectivity index (χ0) is 26.4. The number of benzene rings is 2. The van der Waals surface area contributed by atoms with Gasteiger partial charge >= 0.3 is 5.97 Å². The number of fused-ring (bicyclic) bond motifs is 1. The molecule has 0 aliphatic heterocycles. The minimum atomic E-state index is -0.963. The molecule has 3 N–H and O–H groups in total. The van der Waals surface area contributed by atoms with Crippen molar-refractivity contribution in [1.82, 2.24) is 10.3 Å². The molecule has 1 heterocycles. The molecule has 0 unspecified atom stereocenters. The lowest BCUT2D eigenvalue weighted by Crippen LogP contribution is -2.38. The fraction of sp³-hybridized carbons (Fsp3) is 0.370. The number of rotatable bonds is 12. The zero-order valence-electron chi connectivity index (χ0n) is 20.9. The van der Waals surface area contributed by atoms with Gasteiger partial charge in [0.15, 0.2) is 0 Å². The van der Waals surface area contributed by atoms with Crippen LogP contribution in [0.1, 0.15) is 31.1 Å². The molecule has 0 aliphatic carbocycles. The molecule has 0 amide bonds. The van der Waals surface area contributed by atoms with E-state index in [4.69, 9.17) is 24.1 Å². The van der Waals surface area contributed by atoms with Crippen molar-refractivity contribution in [3.63, 3.8) is 0 Å². The van der Waals surface area contributed by atoms with E-state index in [1.54, 1.807) is 0 Å². The average molecular weight is 499 g/mol. The van der Waals surface area contributed by atoms with Crippen LogP contribution in [0.3, 0.4) is 0 Å². The van der Waals surface area contributed by atoms with Gasteiger partial charge in [0.2, 0.25) is 0 Å². The van der Waals surface area contributed by atoms with E-state index in [-0.39, 0.29) is 17.6 Å². The number of ether oxygens (including phenoxy) is 3. The van der Waals surface area contributed by atoms with E-state index in [9.17, 15) is 9.90 Å². The first-order chi connectivity index (χ1) is 17.2. The second-order valence-electron chi connectivity index (χ2n) is 8.78. The van der Waals surface area contributed by atoms with Gasteiger partial charge in [0.05, 0.1) is 37.5 Å². The highest BCUT2D eigenvalue weighted by molar-refractivity contribution is 6.03. The second-order valence-corrected chi connectivity index (χ2v) is 8.78. The highest BCUT2D eigenvalue weighted by Gasteiger charge is 2.10. The summed E-state index contributed by atoms with van der Waals surface area (Å²) in [7, 11) is 0. The number of aromatic carboxylic acids is 1. The molecule has 0 saturated carbocycles. The number of hydrogen-bond acceptors (Lipinski definition) is 7. The Bertz CT molecular complexity index is 1100. The number of hydrogen-bond donors (Lipinski definition) is 3. The summed E-state index contributed by atoms with van der Waals surface area (Å²) in [5, 5.41) is 20.3. The molecule has 0 fully saturated rings. The van der Waals surface area contributed by atoms with Crippen LogP contribution < -0.4 is 10.1 Å². The zero-order valence-corrected chi connectivity index (χ0v) is 20.9. The normalized spacial score (nSPS) is 11.0. The van der Waals surface area contributed by atoms with Crippen molar-refractivity contribution in [3.05, 3.63) is 60.3 Å². The molecule has 1 aromatic heterocycles. The molecule has 0 spiro atoms. The molecular weight excluding hydrogens is 464 g/mol. The highest BCUT2D eigenvalue weighted by Crippen LogP contribution is 2.27. The predicted octanol–water partition coefficient (Wildman–Crippen LogP) is 4.10. The van der Waals surface area contributed by atoms with Gasteiger partial charge in [-0.25, -0.2) is 4.79 Å². The van der Waals surface area contributed by atoms with Gasteiger partial charge in [-0.2, -0.15) is 0 Å². The van der Waals surface area contributed by atoms with Gasteiger partial charge in [-0.05, 0) is 62.2 Å². The highest BCUT2D eigenvalue weighted by atomic mass is 16.5. The van der Waals surface area contributed by atoms with Crippen LogP contribution in [-0.4, -0.2) is 72.8 Å². The van der Waals surface area contributed by atoms with Crippen molar-refractivity contribution < 1.29 is 34.0 Å². The summed E-state index contributed by atoms with van der Waals surface area (Å²) in [6, 6.07) is 14.8. The van der Waals surface area contributed by atoms with Gasteiger partial charge in [0.1, 0.15) is 12.4 Å².